The first-order valence-electron chi connectivity index (χ1n) is 11.3. The highest BCUT2D eigenvalue weighted by atomic mass is 28.5. The second-order valence-electron chi connectivity index (χ2n) is 8.52. The quantitative estimate of drug-likeness (QED) is 0.114. The zero-order chi connectivity index (χ0) is 25.3. The van der Waals surface area contributed by atoms with Gasteiger partial charge in [0.2, 0.25) is 0 Å². The van der Waals surface area contributed by atoms with Crippen LogP contribution in [0.2, 0.25) is 31.7 Å². The lowest BCUT2D eigenvalue weighted by Crippen LogP contribution is -2.65. The third-order valence-corrected chi connectivity index (χ3v) is 19.7. The summed E-state index contributed by atoms with van der Waals surface area (Å²) in [6, 6.07) is 1.15. The first-order valence-corrected chi connectivity index (χ1v) is 20.2. The normalized spacial score (nSPS) is 25.4. The minimum absolute atomic E-state index is 0.198. The van der Waals surface area contributed by atoms with Gasteiger partial charge in [-0.2, -0.15) is 0 Å². The highest BCUT2D eigenvalue weighted by Gasteiger charge is 2.58. The van der Waals surface area contributed by atoms with E-state index in [1.165, 1.54) is 21.3 Å². The second-order valence-corrected chi connectivity index (χ2v) is 21.3. The second kappa shape index (κ2) is 13.8. The van der Waals surface area contributed by atoms with Crippen molar-refractivity contribution in [1.29, 1.82) is 0 Å². The van der Waals surface area contributed by atoms with Crippen LogP contribution in [0.4, 0.5) is 0 Å². The maximum Gasteiger partial charge on any atom is 0.662 e. The maximum atomic E-state index is 6.42. The molecule has 16 heteroatoms. The summed E-state index contributed by atoms with van der Waals surface area (Å²) in [5.74, 6) is 0. The van der Waals surface area contributed by atoms with Gasteiger partial charge in [-0.15, -0.1) is 0 Å². The monoisotopic (exact) mass is 562 g/mol. The Morgan fingerprint density at radius 1 is 0.618 bits per heavy atom. The van der Waals surface area contributed by atoms with Gasteiger partial charge in [0, 0.05) is 67.4 Å². The van der Waals surface area contributed by atoms with Crippen molar-refractivity contribution < 1.29 is 53.4 Å². The van der Waals surface area contributed by atoms with Crippen LogP contribution in [-0.4, -0.2) is 122 Å². The van der Waals surface area contributed by atoms with Gasteiger partial charge in [-0.1, -0.05) is 0 Å². The highest BCUT2D eigenvalue weighted by Crippen LogP contribution is 2.28. The molecule has 2 rings (SSSR count). The van der Waals surface area contributed by atoms with Gasteiger partial charge in [-0.3, -0.25) is 0 Å². The predicted octanol–water partition coefficient (Wildman–Crippen LogP) is 1.25. The van der Waals surface area contributed by atoms with E-state index in [2.05, 4.69) is 0 Å². The van der Waals surface area contributed by atoms with Gasteiger partial charge in [0.15, 0.2) is 0 Å². The van der Waals surface area contributed by atoms with Crippen LogP contribution in [0.15, 0.2) is 0 Å². The minimum atomic E-state index is -3.70. The summed E-state index contributed by atoms with van der Waals surface area (Å²) in [6.07, 6.45) is 0.403. The zero-order valence-electron chi connectivity index (χ0n) is 21.7. The van der Waals surface area contributed by atoms with Crippen molar-refractivity contribution in [3.63, 3.8) is 0 Å². The molecule has 0 saturated carbocycles. The molecule has 2 aliphatic heterocycles. The highest BCUT2D eigenvalue weighted by molar-refractivity contribution is 6.83. The number of hydrogen-bond acceptors (Lipinski definition) is 12. The molecule has 0 aromatic carbocycles. The largest absolute Gasteiger partial charge is 0.662 e. The van der Waals surface area contributed by atoms with Crippen LogP contribution in [0.1, 0.15) is 0 Å². The Morgan fingerprint density at radius 2 is 1.06 bits per heavy atom. The van der Waals surface area contributed by atoms with E-state index in [9.17, 15) is 0 Å². The molecule has 5 atom stereocenters. The molecule has 34 heavy (non-hydrogen) atoms. The summed E-state index contributed by atoms with van der Waals surface area (Å²) in [4.78, 5) is 0. The lowest BCUT2D eigenvalue weighted by Gasteiger charge is -2.40. The van der Waals surface area contributed by atoms with E-state index in [1.807, 2.05) is 13.1 Å². The molecule has 2 heterocycles. The van der Waals surface area contributed by atoms with Crippen LogP contribution in [0.3, 0.4) is 0 Å². The summed E-state index contributed by atoms with van der Waals surface area (Å²) in [5.41, 5.74) is 0. The summed E-state index contributed by atoms with van der Waals surface area (Å²) in [5, 5.41) is 0. The standard InChI is InChI=1S/C18H42O12Si4/c1-19-31(6,11-9-24-13-17-15-26-17)28-33(8,21-3)30-34(22-4,23-5)29-32(7,20-2)12-10-25-14-18-16-27-18/h17-18H,9-16H2,1-8H3. The third-order valence-electron chi connectivity index (χ3n) is 5.60. The minimum Gasteiger partial charge on any atom is -0.398 e. The Labute approximate surface area is 207 Å². The van der Waals surface area contributed by atoms with Crippen LogP contribution in [0.25, 0.3) is 0 Å². The van der Waals surface area contributed by atoms with Crippen molar-refractivity contribution in [3.05, 3.63) is 0 Å². The predicted molar refractivity (Wildman–Crippen MR) is 130 cm³/mol. The Balaban J connectivity index is 2.00. The average Bonchev–Trinajstić information content (AvgIpc) is 3.75. The molecule has 0 aliphatic carbocycles. The molecule has 202 valence electrons. The number of epoxide rings is 2. The number of ether oxygens (including phenoxy) is 4. The molecule has 0 aromatic heterocycles. The van der Waals surface area contributed by atoms with E-state index in [0.717, 1.165) is 13.2 Å². The van der Waals surface area contributed by atoms with E-state index >= 15 is 0 Å². The smallest absolute Gasteiger partial charge is 0.398 e. The van der Waals surface area contributed by atoms with Crippen molar-refractivity contribution in [3.8, 4) is 0 Å². The molecule has 0 amide bonds. The van der Waals surface area contributed by atoms with Crippen molar-refractivity contribution in [2.24, 2.45) is 0 Å². The van der Waals surface area contributed by atoms with Gasteiger partial charge in [0.05, 0.1) is 26.4 Å². The van der Waals surface area contributed by atoms with Crippen molar-refractivity contribution in [1.82, 2.24) is 0 Å². The van der Waals surface area contributed by atoms with Gasteiger partial charge < -0.3 is 53.4 Å². The third kappa shape index (κ3) is 10.4. The van der Waals surface area contributed by atoms with Crippen LogP contribution < -0.4 is 0 Å². The Bertz CT molecular complexity index is 597. The average molecular weight is 563 g/mol. The molecule has 2 aliphatic rings. The van der Waals surface area contributed by atoms with Gasteiger partial charge in [-0.05, 0) is 13.1 Å². The first kappa shape index (κ1) is 30.6. The molecule has 0 aromatic rings. The molecule has 2 saturated heterocycles. The summed E-state index contributed by atoms with van der Waals surface area (Å²) < 4.78 is 69.5. The van der Waals surface area contributed by atoms with Crippen LogP contribution in [-0.2, 0) is 53.4 Å². The summed E-state index contributed by atoms with van der Waals surface area (Å²) >= 11 is 0. The molecular formula is C18H42O12Si4. The van der Waals surface area contributed by atoms with E-state index in [1.54, 1.807) is 20.8 Å². The van der Waals surface area contributed by atoms with Gasteiger partial charge in [0.25, 0.3) is 0 Å². The number of hydrogen-bond donors (Lipinski definition) is 0. The van der Waals surface area contributed by atoms with E-state index in [4.69, 9.17) is 53.4 Å². The van der Waals surface area contributed by atoms with E-state index < -0.39 is 35.0 Å². The fourth-order valence-corrected chi connectivity index (χ4v) is 16.2. The van der Waals surface area contributed by atoms with E-state index in [0.29, 0.717) is 38.5 Å². The number of rotatable bonds is 21. The topological polar surface area (TPSA) is 117 Å². The van der Waals surface area contributed by atoms with Gasteiger partial charge >= 0.3 is 35.0 Å². The lowest BCUT2D eigenvalue weighted by molar-refractivity contribution is 0.0315. The molecule has 0 spiro atoms. The fraction of sp³-hybridized carbons (Fsp3) is 1.00. The molecule has 2 fully saturated rings. The molecular weight excluding hydrogens is 521 g/mol. The Hall–Kier alpha value is 0.388. The van der Waals surface area contributed by atoms with Crippen molar-refractivity contribution >= 4 is 35.0 Å². The zero-order valence-corrected chi connectivity index (χ0v) is 25.7. The summed E-state index contributed by atoms with van der Waals surface area (Å²) in [7, 11) is -4.79. The summed E-state index contributed by atoms with van der Waals surface area (Å²) in [6.45, 7) is 9.19. The van der Waals surface area contributed by atoms with Gasteiger partial charge in [0.1, 0.15) is 12.2 Å². The van der Waals surface area contributed by atoms with Crippen LogP contribution in [0, 0.1) is 0 Å². The molecule has 0 bridgehead atoms. The maximum absolute atomic E-state index is 6.42. The molecule has 0 radical (unpaired) electrons. The Kier molecular flexibility index (Phi) is 12.4. The molecule has 5 unspecified atom stereocenters. The van der Waals surface area contributed by atoms with Crippen LogP contribution in [0.5, 0.6) is 0 Å². The van der Waals surface area contributed by atoms with Crippen molar-refractivity contribution in [2.75, 3.05) is 75.2 Å². The first-order chi connectivity index (χ1) is 16.1. The molecule has 12 nitrogen and oxygen atoms in total. The molecule has 0 N–H and O–H groups in total. The SMILES string of the molecule is CO[Si](C)(CCOCC1CO1)O[Si](C)(OC)O[Si](OC)(OC)O[Si](C)(CCOCC1CO1)OC. The van der Waals surface area contributed by atoms with E-state index in [-0.39, 0.29) is 12.2 Å². The fourth-order valence-electron chi connectivity index (χ4n) is 2.92. The lowest BCUT2D eigenvalue weighted by atomic mass is 10.5. The van der Waals surface area contributed by atoms with Crippen LogP contribution >= 0.6 is 0 Å². The Morgan fingerprint density at radius 3 is 1.41 bits per heavy atom. The van der Waals surface area contributed by atoms with Gasteiger partial charge in [-0.25, -0.2) is 0 Å². The van der Waals surface area contributed by atoms with Crippen molar-refractivity contribution in [2.45, 2.75) is 43.9 Å².